The summed E-state index contributed by atoms with van der Waals surface area (Å²) in [5.41, 5.74) is 2.21. The van der Waals surface area contributed by atoms with Crippen molar-refractivity contribution in [3.63, 3.8) is 0 Å². The fourth-order valence-electron chi connectivity index (χ4n) is 4.97. The Balaban J connectivity index is 1.86. The monoisotopic (exact) mass is 715 g/mol. The predicted octanol–water partition coefficient (Wildman–Crippen LogP) is 7.32. The Morgan fingerprint density at radius 3 is 2.06 bits per heavy atom. The SMILES string of the molecule is COc1ccc(N(CC(=O)N(Cc2c(Cl)cccc2Cl)[C@@H](Cc2ccccc2)C(=O)NC(C)C)S(=O)(=O)c2ccc(C)cc2)cc1Cl. The molecule has 0 aromatic heterocycles. The van der Waals surface area contributed by atoms with Crippen LogP contribution in [0.5, 0.6) is 5.75 Å². The number of nitrogens with one attached hydrogen (secondary N) is 1. The fraction of sp³-hybridized carbons (Fsp3) is 0.257. The molecule has 248 valence electrons. The van der Waals surface area contributed by atoms with Crippen molar-refractivity contribution >= 4 is 62.3 Å². The van der Waals surface area contributed by atoms with Crippen LogP contribution in [-0.4, -0.2) is 50.9 Å². The first kappa shape index (κ1) is 36.1. The van der Waals surface area contributed by atoms with Crippen LogP contribution in [0.1, 0.15) is 30.5 Å². The van der Waals surface area contributed by atoms with Crippen molar-refractivity contribution in [1.29, 1.82) is 0 Å². The van der Waals surface area contributed by atoms with E-state index in [-0.39, 0.29) is 34.6 Å². The largest absolute Gasteiger partial charge is 0.495 e. The van der Waals surface area contributed by atoms with Crippen molar-refractivity contribution in [3.8, 4) is 5.75 Å². The number of rotatable bonds is 13. The van der Waals surface area contributed by atoms with Crippen LogP contribution in [0.15, 0.2) is 95.9 Å². The number of nitrogens with zero attached hydrogens (tertiary/aromatic N) is 2. The molecule has 0 unspecified atom stereocenters. The number of halogens is 3. The number of hydrogen-bond acceptors (Lipinski definition) is 5. The molecule has 12 heteroatoms. The van der Waals surface area contributed by atoms with Gasteiger partial charge in [-0.2, -0.15) is 0 Å². The van der Waals surface area contributed by atoms with E-state index in [0.717, 1.165) is 15.4 Å². The van der Waals surface area contributed by atoms with Gasteiger partial charge in [0.2, 0.25) is 11.8 Å². The molecule has 0 saturated heterocycles. The second kappa shape index (κ2) is 15.9. The Bertz CT molecular complexity index is 1800. The highest BCUT2D eigenvalue weighted by molar-refractivity contribution is 7.92. The average molecular weight is 717 g/mol. The summed E-state index contributed by atoms with van der Waals surface area (Å²) in [4.78, 5) is 29.8. The number of aryl methyl sites for hydroxylation is 1. The van der Waals surface area contributed by atoms with Gasteiger partial charge in [-0.1, -0.05) is 88.9 Å². The second-order valence-corrected chi connectivity index (χ2v) is 14.3. The van der Waals surface area contributed by atoms with Crippen molar-refractivity contribution in [1.82, 2.24) is 10.2 Å². The Morgan fingerprint density at radius 1 is 0.851 bits per heavy atom. The molecule has 0 fully saturated rings. The summed E-state index contributed by atoms with van der Waals surface area (Å²) in [6.07, 6.45) is 0.145. The van der Waals surface area contributed by atoms with Gasteiger partial charge in [0.15, 0.2) is 0 Å². The van der Waals surface area contributed by atoms with Gasteiger partial charge in [0, 0.05) is 34.6 Å². The molecule has 0 bridgehead atoms. The van der Waals surface area contributed by atoms with Gasteiger partial charge in [-0.15, -0.1) is 0 Å². The molecular formula is C35H36Cl3N3O5S. The van der Waals surface area contributed by atoms with Crippen molar-refractivity contribution in [2.24, 2.45) is 0 Å². The molecule has 0 heterocycles. The minimum absolute atomic E-state index is 0.0260. The van der Waals surface area contributed by atoms with Gasteiger partial charge in [0.05, 0.1) is 22.7 Å². The van der Waals surface area contributed by atoms with E-state index in [1.54, 1.807) is 30.3 Å². The molecule has 1 N–H and O–H groups in total. The van der Waals surface area contributed by atoms with E-state index >= 15 is 0 Å². The molecule has 8 nitrogen and oxygen atoms in total. The average Bonchev–Trinajstić information content (AvgIpc) is 3.03. The van der Waals surface area contributed by atoms with Crippen LogP contribution in [0.25, 0.3) is 0 Å². The van der Waals surface area contributed by atoms with Crippen molar-refractivity contribution in [2.45, 2.75) is 50.7 Å². The molecule has 4 rings (SSSR count). The summed E-state index contributed by atoms with van der Waals surface area (Å²) < 4.78 is 34.7. The van der Waals surface area contributed by atoms with Crippen LogP contribution in [0.4, 0.5) is 5.69 Å². The van der Waals surface area contributed by atoms with Crippen LogP contribution in [-0.2, 0) is 32.6 Å². The van der Waals surface area contributed by atoms with Crippen molar-refractivity contribution in [2.75, 3.05) is 18.0 Å². The van der Waals surface area contributed by atoms with Gasteiger partial charge in [-0.05, 0) is 68.8 Å². The third-order valence-corrected chi connectivity index (χ3v) is 10.2. The number of carbonyl (C=O) groups excluding carboxylic acids is 2. The Hall–Kier alpha value is -3.76. The topological polar surface area (TPSA) is 96.0 Å². The number of ether oxygens (including phenoxy) is 1. The first-order valence-corrected chi connectivity index (χ1v) is 17.4. The molecular weight excluding hydrogens is 681 g/mol. The molecule has 4 aromatic carbocycles. The maximum Gasteiger partial charge on any atom is 0.264 e. The Kier molecular flexibility index (Phi) is 12.2. The van der Waals surface area contributed by atoms with E-state index in [9.17, 15) is 18.0 Å². The number of hydrogen-bond donors (Lipinski definition) is 1. The van der Waals surface area contributed by atoms with Crippen LogP contribution in [0.3, 0.4) is 0 Å². The molecule has 0 aliphatic carbocycles. The summed E-state index contributed by atoms with van der Waals surface area (Å²) in [6.45, 7) is 4.65. The van der Waals surface area contributed by atoms with Gasteiger partial charge < -0.3 is 15.0 Å². The van der Waals surface area contributed by atoms with E-state index in [4.69, 9.17) is 39.5 Å². The molecule has 0 spiro atoms. The predicted molar refractivity (Wildman–Crippen MR) is 188 cm³/mol. The van der Waals surface area contributed by atoms with Crippen LogP contribution >= 0.6 is 34.8 Å². The number of anilines is 1. The molecule has 0 aliphatic rings. The zero-order chi connectivity index (χ0) is 34.3. The minimum Gasteiger partial charge on any atom is -0.495 e. The summed E-state index contributed by atoms with van der Waals surface area (Å²) >= 11 is 19.6. The Labute approximate surface area is 291 Å². The highest BCUT2D eigenvalue weighted by Crippen LogP contribution is 2.33. The Morgan fingerprint density at radius 2 is 1.49 bits per heavy atom. The first-order chi connectivity index (χ1) is 22.3. The lowest BCUT2D eigenvalue weighted by atomic mass is 10.0. The first-order valence-electron chi connectivity index (χ1n) is 14.8. The van der Waals surface area contributed by atoms with Gasteiger partial charge in [-0.3, -0.25) is 13.9 Å². The van der Waals surface area contributed by atoms with Crippen molar-refractivity contribution in [3.05, 3.63) is 123 Å². The van der Waals surface area contributed by atoms with E-state index < -0.39 is 34.4 Å². The second-order valence-electron chi connectivity index (χ2n) is 11.2. The van der Waals surface area contributed by atoms with Crippen LogP contribution in [0, 0.1) is 6.92 Å². The van der Waals surface area contributed by atoms with Gasteiger partial charge in [0.25, 0.3) is 10.0 Å². The normalized spacial score (nSPS) is 12.0. The highest BCUT2D eigenvalue weighted by Gasteiger charge is 2.35. The third-order valence-electron chi connectivity index (χ3n) is 7.40. The zero-order valence-corrected chi connectivity index (χ0v) is 29.5. The maximum absolute atomic E-state index is 14.6. The van der Waals surface area contributed by atoms with Crippen molar-refractivity contribution < 1.29 is 22.7 Å². The molecule has 0 aliphatic heterocycles. The summed E-state index contributed by atoms with van der Waals surface area (Å²) in [5, 5.41) is 3.66. The molecule has 4 aromatic rings. The van der Waals surface area contributed by atoms with E-state index in [2.05, 4.69) is 5.32 Å². The number of amides is 2. The lowest BCUT2D eigenvalue weighted by Gasteiger charge is -2.34. The third kappa shape index (κ3) is 8.99. The number of methoxy groups -OCH3 is 1. The summed E-state index contributed by atoms with van der Waals surface area (Å²) in [5.74, 6) is -0.748. The molecule has 1 atom stereocenters. The van der Waals surface area contributed by atoms with Gasteiger partial charge in [0.1, 0.15) is 18.3 Å². The smallest absolute Gasteiger partial charge is 0.264 e. The van der Waals surface area contributed by atoms with Crippen LogP contribution < -0.4 is 14.4 Å². The molecule has 2 amide bonds. The van der Waals surface area contributed by atoms with Gasteiger partial charge in [-0.25, -0.2) is 8.42 Å². The minimum atomic E-state index is -4.32. The van der Waals surface area contributed by atoms with Gasteiger partial charge >= 0.3 is 0 Å². The zero-order valence-electron chi connectivity index (χ0n) is 26.4. The summed E-state index contributed by atoms with van der Waals surface area (Å²) in [6, 6.07) is 23.7. The fourth-order valence-corrected chi connectivity index (χ4v) is 7.14. The highest BCUT2D eigenvalue weighted by atomic mass is 35.5. The standard InChI is InChI=1S/C35H36Cl3N3O5S/c1-23(2)39-35(43)32(19-25-9-6-5-7-10-25)40(21-28-29(36)11-8-12-30(28)37)34(42)22-41(26-15-18-33(46-4)31(38)20-26)47(44,45)27-16-13-24(3)14-17-27/h5-18,20,23,32H,19,21-22H2,1-4H3,(H,39,43)/t32-/m0/s1. The number of carbonyl (C=O) groups is 2. The molecule has 0 saturated carbocycles. The van der Waals surface area contributed by atoms with E-state index in [0.29, 0.717) is 21.4 Å². The lowest BCUT2D eigenvalue weighted by Crippen LogP contribution is -2.54. The van der Waals surface area contributed by atoms with Crippen LogP contribution in [0.2, 0.25) is 15.1 Å². The lowest BCUT2D eigenvalue weighted by molar-refractivity contribution is -0.140. The number of sulfonamides is 1. The van der Waals surface area contributed by atoms with E-state index in [1.165, 1.54) is 42.3 Å². The molecule has 0 radical (unpaired) electrons. The maximum atomic E-state index is 14.6. The summed E-state index contributed by atoms with van der Waals surface area (Å²) in [7, 11) is -2.87. The quantitative estimate of drug-likeness (QED) is 0.157. The molecule has 47 heavy (non-hydrogen) atoms. The van der Waals surface area contributed by atoms with E-state index in [1.807, 2.05) is 51.1 Å². The number of benzene rings is 4.